The Labute approximate surface area is 144 Å². The molecule has 9 heteroatoms. The van der Waals surface area contributed by atoms with Crippen molar-refractivity contribution >= 4 is 22.8 Å². The maximum atomic E-state index is 9.77. The van der Waals surface area contributed by atoms with E-state index in [-0.39, 0.29) is 6.04 Å². The summed E-state index contributed by atoms with van der Waals surface area (Å²) in [6.45, 7) is 0.847. The molecule has 1 heterocycles. The van der Waals surface area contributed by atoms with Gasteiger partial charge in [0.15, 0.2) is 12.2 Å². The van der Waals surface area contributed by atoms with Gasteiger partial charge in [0.2, 0.25) is 0 Å². The van der Waals surface area contributed by atoms with Crippen LogP contribution in [-0.4, -0.2) is 69.2 Å². The molecule has 2 rings (SSSR count). The molecular weight excluding hydrogens is 330 g/mol. The summed E-state index contributed by atoms with van der Waals surface area (Å²) in [5.74, 6) is -3.54. The number of carboxylic acid groups (broad SMARTS) is 2. The van der Waals surface area contributed by atoms with Gasteiger partial charge in [-0.1, -0.05) is 18.2 Å². The average molecular weight is 353 g/mol. The van der Waals surface area contributed by atoms with Crippen molar-refractivity contribution in [3.05, 3.63) is 36.0 Å². The molecule has 0 amide bonds. The molecule has 1 aromatic heterocycles. The lowest BCUT2D eigenvalue weighted by molar-refractivity contribution is -0.165. The van der Waals surface area contributed by atoms with Crippen LogP contribution in [-0.2, 0) is 16.0 Å². The Kier molecular flexibility index (Phi) is 8.02. The van der Waals surface area contributed by atoms with Gasteiger partial charge in [-0.05, 0) is 25.1 Å². The highest BCUT2D eigenvalue weighted by atomic mass is 16.4. The molecule has 25 heavy (non-hydrogen) atoms. The number of aromatic amines is 1. The molecular formula is C16H23N3O6. The van der Waals surface area contributed by atoms with E-state index in [4.69, 9.17) is 26.2 Å². The molecule has 3 unspecified atom stereocenters. The lowest BCUT2D eigenvalue weighted by Gasteiger charge is -2.09. The minimum absolute atomic E-state index is 0.175. The molecule has 0 aliphatic carbocycles. The molecule has 1 aromatic carbocycles. The summed E-state index contributed by atoms with van der Waals surface area (Å²) in [5, 5.41) is 36.9. The predicted octanol–water partition coefficient (Wildman–Crippen LogP) is -0.865. The monoisotopic (exact) mass is 353 g/mol. The number of fused-ring (bicyclic) bond motifs is 1. The van der Waals surface area contributed by atoms with Crippen LogP contribution in [0.1, 0.15) is 5.56 Å². The number of rotatable bonds is 7. The smallest absolute Gasteiger partial charge is 0.335 e. The van der Waals surface area contributed by atoms with Crippen LogP contribution in [0.2, 0.25) is 0 Å². The van der Waals surface area contributed by atoms with Gasteiger partial charge in [-0.15, -0.1) is 0 Å². The molecule has 0 saturated carbocycles. The fourth-order valence-corrected chi connectivity index (χ4v) is 2.19. The maximum Gasteiger partial charge on any atom is 0.335 e. The second-order valence-electron chi connectivity index (χ2n) is 5.45. The number of H-pyrrole nitrogens is 1. The van der Waals surface area contributed by atoms with Gasteiger partial charge < -0.3 is 36.5 Å². The Balaban J connectivity index is 0.000000275. The van der Waals surface area contributed by atoms with E-state index in [1.165, 1.54) is 16.5 Å². The van der Waals surface area contributed by atoms with Crippen LogP contribution in [0.4, 0.5) is 0 Å². The molecule has 0 radical (unpaired) electrons. The Hall–Kier alpha value is -2.46. The third kappa shape index (κ3) is 6.16. The highest BCUT2D eigenvalue weighted by Crippen LogP contribution is 2.18. The topological polar surface area (TPSA) is 169 Å². The number of nitrogens with one attached hydrogen (secondary N) is 2. The molecule has 2 aromatic rings. The van der Waals surface area contributed by atoms with Crippen LogP contribution >= 0.6 is 0 Å². The fraction of sp³-hybridized carbons (Fsp3) is 0.375. The van der Waals surface area contributed by atoms with Gasteiger partial charge in [-0.25, -0.2) is 9.59 Å². The number of para-hydroxylation sites is 1. The minimum Gasteiger partial charge on any atom is -0.479 e. The normalized spacial score (nSPS) is 14.2. The number of aliphatic carboxylic acids is 2. The quantitative estimate of drug-likeness (QED) is 0.337. The van der Waals surface area contributed by atoms with Crippen LogP contribution in [0.5, 0.6) is 0 Å². The van der Waals surface area contributed by atoms with Crippen molar-refractivity contribution in [2.45, 2.75) is 24.7 Å². The Morgan fingerprint density at radius 1 is 1.16 bits per heavy atom. The summed E-state index contributed by atoms with van der Waals surface area (Å²) in [6.07, 6.45) is -1.57. The second kappa shape index (κ2) is 9.74. The first-order valence-corrected chi connectivity index (χ1v) is 7.54. The van der Waals surface area contributed by atoms with Crippen molar-refractivity contribution in [3.8, 4) is 0 Å². The summed E-state index contributed by atoms with van der Waals surface area (Å²) in [4.78, 5) is 22.8. The molecule has 0 saturated heterocycles. The van der Waals surface area contributed by atoms with Gasteiger partial charge in [-0.3, -0.25) is 0 Å². The number of aromatic nitrogens is 1. The van der Waals surface area contributed by atoms with E-state index < -0.39 is 24.1 Å². The Morgan fingerprint density at radius 3 is 2.24 bits per heavy atom. The van der Waals surface area contributed by atoms with Crippen LogP contribution in [0, 0.1) is 0 Å². The van der Waals surface area contributed by atoms with Crippen molar-refractivity contribution in [1.82, 2.24) is 10.3 Å². The Morgan fingerprint density at radius 2 is 1.72 bits per heavy atom. The van der Waals surface area contributed by atoms with E-state index >= 15 is 0 Å². The number of carboxylic acids is 2. The first kappa shape index (κ1) is 20.6. The van der Waals surface area contributed by atoms with Crippen molar-refractivity contribution in [1.29, 1.82) is 0 Å². The molecule has 3 atom stereocenters. The molecule has 0 bridgehead atoms. The third-order valence-electron chi connectivity index (χ3n) is 3.43. The number of aliphatic hydroxyl groups is 2. The van der Waals surface area contributed by atoms with Gasteiger partial charge >= 0.3 is 11.9 Å². The Bertz CT molecular complexity index is 684. The average Bonchev–Trinajstić information content (AvgIpc) is 2.97. The van der Waals surface area contributed by atoms with Gasteiger partial charge in [0.25, 0.3) is 0 Å². The lowest BCUT2D eigenvalue weighted by Crippen LogP contribution is -2.39. The number of likely N-dealkylation sites (N-methyl/N-ethyl adjacent to an activating group) is 1. The SMILES string of the molecule is CNCC(N)Cc1c[nH]c2ccccc12.O=C(O)C(O)C(O)C(=O)O. The predicted molar refractivity (Wildman–Crippen MR) is 91.2 cm³/mol. The first-order chi connectivity index (χ1) is 11.8. The number of nitrogens with two attached hydrogens (primary N) is 1. The van der Waals surface area contributed by atoms with Gasteiger partial charge in [-0.2, -0.15) is 0 Å². The fourth-order valence-electron chi connectivity index (χ4n) is 2.19. The van der Waals surface area contributed by atoms with Crippen molar-refractivity contribution < 1.29 is 30.0 Å². The van der Waals surface area contributed by atoms with E-state index in [9.17, 15) is 9.59 Å². The highest BCUT2D eigenvalue weighted by Gasteiger charge is 2.29. The zero-order valence-corrected chi connectivity index (χ0v) is 13.7. The molecule has 9 nitrogen and oxygen atoms in total. The van der Waals surface area contributed by atoms with E-state index in [0.29, 0.717) is 0 Å². The first-order valence-electron chi connectivity index (χ1n) is 7.54. The molecule has 0 aliphatic heterocycles. The number of hydrogen-bond acceptors (Lipinski definition) is 6. The van der Waals surface area contributed by atoms with Gasteiger partial charge in [0, 0.05) is 29.7 Å². The number of benzene rings is 1. The maximum absolute atomic E-state index is 9.77. The van der Waals surface area contributed by atoms with E-state index in [1.54, 1.807) is 0 Å². The van der Waals surface area contributed by atoms with Crippen molar-refractivity contribution in [3.63, 3.8) is 0 Å². The summed E-state index contributed by atoms with van der Waals surface area (Å²) in [7, 11) is 1.93. The second-order valence-corrected chi connectivity index (χ2v) is 5.45. The zero-order valence-electron chi connectivity index (χ0n) is 13.7. The molecule has 0 aliphatic rings. The molecule has 0 fully saturated rings. The lowest BCUT2D eigenvalue weighted by atomic mass is 10.1. The minimum atomic E-state index is -2.27. The standard InChI is InChI=1S/C12H17N3.C4H6O6/c1-14-8-10(13)6-9-7-15-12-5-3-2-4-11(9)12;5-1(3(7)8)2(6)4(9)10/h2-5,7,10,14-15H,6,8,13H2,1H3;1-2,5-6H,(H,7,8)(H,9,10). The van der Waals surface area contributed by atoms with Crippen LogP contribution in [0.25, 0.3) is 10.9 Å². The zero-order chi connectivity index (χ0) is 19.0. The number of aliphatic hydroxyl groups excluding tert-OH is 2. The molecule has 0 spiro atoms. The van der Waals surface area contributed by atoms with Crippen molar-refractivity contribution in [2.24, 2.45) is 5.73 Å². The summed E-state index contributed by atoms with van der Waals surface area (Å²) < 4.78 is 0. The summed E-state index contributed by atoms with van der Waals surface area (Å²) in [6, 6.07) is 8.49. The number of hydrogen-bond donors (Lipinski definition) is 7. The largest absolute Gasteiger partial charge is 0.479 e. The van der Waals surface area contributed by atoms with E-state index in [1.807, 2.05) is 13.1 Å². The van der Waals surface area contributed by atoms with E-state index in [2.05, 4.69) is 34.7 Å². The van der Waals surface area contributed by atoms with Crippen LogP contribution in [0.15, 0.2) is 30.5 Å². The third-order valence-corrected chi connectivity index (χ3v) is 3.43. The number of carbonyl (C=O) groups is 2. The van der Waals surface area contributed by atoms with Gasteiger partial charge in [0.05, 0.1) is 0 Å². The highest BCUT2D eigenvalue weighted by molar-refractivity contribution is 5.83. The van der Waals surface area contributed by atoms with Gasteiger partial charge in [0.1, 0.15) is 0 Å². The van der Waals surface area contributed by atoms with Crippen LogP contribution in [0.3, 0.4) is 0 Å². The molecule has 138 valence electrons. The van der Waals surface area contributed by atoms with Crippen LogP contribution < -0.4 is 11.1 Å². The molecule has 8 N–H and O–H groups in total. The summed E-state index contributed by atoms with van der Waals surface area (Å²) in [5.41, 5.74) is 8.47. The summed E-state index contributed by atoms with van der Waals surface area (Å²) >= 11 is 0. The van der Waals surface area contributed by atoms with E-state index in [0.717, 1.165) is 13.0 Å². The van der Waals surface area contributed by atoms with Crippen molar-refractivity contribution in [2.75, 3.05) is 13.6 Å².